The summed E-state index contributed by atoms with van der Waals surface area (Å²) in [4.78, 5) is 25.2. The predicted molar refractivity (Wildman–Crippen MR) is 93.5 cm³/mol. The van der Waals surface area contributed by atoms with Crippen molar-refractivity contribution in [2.24, 2.45) is 0 Å². The topological polar surface area (TPSA) is 116 Å². The molecule has 0 unspecified atom stereocenters. The molecule has 3 N–H and O–H groups in total. The van der Waals surface area contributed by atoms with Crippen molar-refractivity contribution in [2.45, 2.75) is 11.8 Å². The molecule has 0 saturated heterocycles. The van der Waals surface area contributed by atoms with Crippen molar-refractivity contribution in [3.05, 3.63) is 70.0 Å². The molecule has 2 aromatic carbocycles. The maximum absolute atomic E-state index is 12.5. The third kappa shape index (κ3) is 3.38. The molecule has 0 fully saturated rings. The van der Waals surface area contributed by atoms with E-state index >= 15 is 0 Å². The molecule has 8 heteroatoms. The Kier molecular flexibility index (Phi) is 4.05. The fraction of sp³-hybridized carbons (Fsp3) is 0.0588. The van der Waals surface area contributed by atoms with E-state index in [0.717, 1.165) is 11.5 Å². The van der Waals surface area contributed by atoms with Crippen LogP contribution in [0.1, 0.15) is 15.9 Å². The average Bonchev–Trinajstić information content (AvgIpc) is 2.56. The Balaban J connectivity index is 1.99. The molecule has 3 rings (SSSR count). The lowest BCUT2D eigenvalue weighted by Gasteiger charge is -2.10. The number of aromatic nitrogens is 1. The van der Waals surface area contributed by atoms with E-state index in [1.807, 2.05) is 0 Å². The van der Waals surface area contributed by atoms with Crippen LogP contribution in [0.4, 0.5) is 5.69 Å². The van der Waals surface area contributed by atoms with Gasteiger partial charge in [-0.2, -0.15) is 0 Å². The Bertz CT molecular complexity index is 1150. The molecule has 0 spiro atoms. The highest BCUT2D eigenvalue weighted by atomic mass is 32.2. The van der Waals surface area contributed by atoms with Gasteiger partial charge in [0.1, 0.15) is 0 Å². The highest BCUT2D eigenvalue weighted by molar-refractivity contribution is 7.92. The quantitative estimate of drug-likeness (QED) is 0.662. The summed E-state index contributed by atoms with van der Waals surface area (Å²) in [5, 5.41) is 9.75. The number of nitrogens with one attached hydrogen (secondary N) is 2. The lowest BCUT2D eigenvalue weighted by atomic mass is 10.1. The minimum absolute atomic E-state index is 0.124. The van der Waals surface area contributed by atoms with Crippen molar-refractivity contribution in [3.8, 4) is 0 Å². The minimum atomic E-state index is -3.96. The Labute approximate surface area is 143 Å². The number of carboxylic acids is 1. The van der Waals surface area contributed by atoms with Gasteiger partial charge in [-0.25, -0.2) is 13.2 Å². The molecule has 3 aromatic rings. The Morgan fingerprint density at radius 2 is 1.88 bits per heavy atom. The molecular formula is C17H14N2O5S. The highest BCUT2D eigenvalue weighted by Crippen LogP contribution is 2.21. The average molecular weight is 358 g/mol. The van der Waals surface area contributed by atoms with Crippen LogP contribution in [0, 0.1) is 6.92 Å². The first-order chi connectivity index (χ1) is 11.8. The number of hydrogen-bond acceptors (Lipinski definition) is 4. The Hall–Kier alpha value is -3.13. The molecule has 0 atom stereocenters. The number of sulfonamides is 1. The normalized spacial score (nSPS) is 11.4. The molecule has 0 amide bonds. The number of hydrogen-bond donors (Lipinski definition) is 3. The van der Waals surface area contributed by atoms with E-state index in [2.05, 4.69) is 9.71 Å². The molecule has 0 bridgehead atoms. The first kappa shape index (κ1) is 16.7. The van der Waals surface area contributed by atoms with E-state index in [1.54, 1.807) is 25.1 Å². The van der Waals surface area contributed by atoms with Gasteiger partial charge < -0.3 is 10.1 Å². The number of carboxylic acid groups (broad SMARTS) is 1. The van der Waals surface area contributed by atoms with E-state index in [4.69, 9.17) is 5.11 Å². The lowest BCUT2D eigenvalue weighted by molar-refractivity contribution is 0.0696. The fourth-order valence-corrected chi connectivity index (χ4v) is 3.48. The number of benzene rings is 2. The first-order valence-electron chi connectivity index (χ1n) is 7.26. The minimum Gasteiger partial charge on any atom is -0.478 e. The van der Waals surface area contributed by atoms with E-state index in [1.165, 1.54) is 24.3 Å². The molecule has 0 aliphatic heterocycles. The fourth-order valence-electron chi connectivity index (χ4n) is 2.38. The summed E-state index contributed by atoms with van der Waals surface area (Å²) in [6.45, 7) is 1.68. The van der Waals surface area contributed by atoms with Gasteiger partial charge in [0.15, 0.2) is 0 Å². The van der Waals surface area contributed by atoms with E-state index in [-0.39, 0.29) is 21.7 Å². The molecule has 25 heavy (non-hydrogen) atoms. The second-order valence-corrected chi connectivity index (χ2v) is 7.20. The standard InChI is InChI=1S/C17H14N2O5S/c1-10-7-11-5-6-13(9-15(11)18-16(10)20)19-25(23,24)14-4-2-3-12(8-14)17(21)22/h2-9,19H,1H3,(H,18,20)(H,21,22). The summed E-state index contributed by atoms with van der Waals surface area (Å²) in [7, 11) is -3.96. The monoisotopic (exact) mass is 358 g/mol. The van der Waals surface area contributed by atoms with Crippen molar-refractivity contribution in [2.75, 3.05) is 4.72 Å². The smallest absolute Gasteiger partial charge is 0.335 e. The summed E-state index contributed by atoms with van der Waals surface area (Å²) in [5.74, 6) is -1.21. The van der Waals surface area contributed by atoms with Crippen LogP contribution < -0.4 is 10.3 Å². The van der Waals surface area contributed by atoms with Crippen molar-refractivity contribution in [1.82, 2.24) is 4.98 Å². The summed E-state index contributed by atoms with van der Waals surface area (Å²) in [6.07, 6.45) is 0. The van der Waals surface area contributed by atoms with Crippen LogP contribution in [0.15, 0.2) is 58.2 Å². The van der Waals surface area contributed by atoms with E-state index in [0.29, 0.717) is 11.1 Å². The largest absolute Gasteiger partial charge is 0.478 e. The van der Waals surface area contributed by atoms with Crippen LogP contribution in [-0.2, 0) is 10.0 Å². The SMILES string of the molecule is Cc1cc2ccc(NS(=O)(=O)c3cccc(C(=O)O)c3)cc2[nH]c1=O. The third-order valence-corrected chi connectivity index (χ3v) is 5.05. The number of H-pyrrole nitrogens is 1. The van der Waals surface area contributed by atoms with Crippen molar-refractivity contribution >= 4 is 32.6 Å². The first-order valence-corrected chi connectivity index (χ1v) is 8.74. The highest BCUT2D eigenvalue weighted by Gasteiger charge is 2.16. The number of aryl methyl sites for hydroxylation is 1. The molecule has 7 nitrogen and oxygen atoms in total. The molecule has 1 aromatic heterocycles. The zero-order valence-corrected chi connectivity index (χ0v) is 13.9. The van der Waals surface area contributed by atoms with Gasteiger partial charge in [0, 0.05) is 5.56 Å². The number of anilines is 1. The van der Waals surface area contributed by atoms with E-state index in [9.17, 15) is 18.0 Å². The zero-order chi connectivity index (χ0) is 18.2. The summed E-state index contributed by atoms with van der Waals surface area (Å²) >= 11 is 0. The zero-order valence-electron chi connectivity index (χ0n) is 13.1. The van der Waals surface area contributed by atoms with Gasteiger partial charge in [-0.15, -0.1) is 0 Å². The van der Waals surface area contributed by atoms with Gasteiger partial charge in [0.2, 0.25) is 0 Å². The number of carbonyl (C=O) groups is 1. The third-order valence-electron chi connectivity index (χ3n) is 3.68. The molecule has 0 aliphatic rings. The Morgan fingerprint density at radius 1 is 1.12 bits per heavy atom. The molecule has 1 heterocycles. The van der Waals surface area contributed by atoms with E-state index < -0.39 is 16.0 Å². The van der Waals surface area contributed by atoms with Gasteiger partial charge in [0.05, 0.1) is 21.7 Å². The van der Waals surface area contributed by atoms with Crippen molar-refractivity contribution in [1.29, 1.82) is 0 Å². The van der Waals surface area contributed by atoms with Gasteiger partial charge in [-0.3, -0.25) is 9.52 Å². The number of pyridine rings is 1. The summed E-state index contributed by atoms with van der Waals surface area (Å²) in [5.41, 5.74) is 0.942. The molecular weight excluding hydrogens is 344 g/mol. The number of aromatic amines is 1. The number of fused-ring (bicyclic) bond motifs is 1. The van der Waals surface area contributed by atoms with Crippen LogP contribution in [0.3, 0.4) is 0 Å². The summed E-state index contributed by atoms with van der Waals surface area (Å²) < 4.78 is 27.3. The number of rotatable bonds is 4. The predicted octanol–water partition coefficient (Wildman–Crippen LogP) is 2.34. The second kappa shape index (κ2) is 6.06. The van der Waals surface area contributed by atoms with Gasteiger partial charge in [0.25, 0.3) is 15.6 Å². The van der Waals surface area contributed by atoms with Crippen LogP contribution in [0.5, 0.6) is 0 Å². The maximum Gasteiger partial charge on any atom is 0.335 e. The lowest BCUT2D eigenvalue weighted by Crippen LogP contribution is -2.14. The van der Waals surface area contributed by atoms with Gasteiger partial charge in [-0.05, 0) is 48.7 Å². The van der Waals surface area contributed by atoms with Crippen molar-refractivity contribution in [3.63, 3.8) is 0 Å². The second-order valence-electron chi connectivity index (χ2n) is 5.52. The van der Waals surface area contributed by atoms with Crippen molar-refractivity contribution < 1.29 is 18.3 Å². The molecule has 0 saturated carbocycles. The molecule has 0 radical (unpaired) electrons. The molecule has 0 aliphatic carbocycles. The molecule has 128 valence electrons. The number of aromatic carboxylic acids is 1. The van der Waals surface area contributed by atoms with Gasteiger partial charge in [-0.1, -0.05) is 12.1 Å². The summed E-state index contributed by atoms with van der Waals surface area (Å²) in [6, 6.07) is 11.5. The Morgan fingerprint density at radius 3 is 2.60 bits per heavy atom. The van der Waals surface area contributed by atoms with Crippen LogP contribution in [0.2, 0.25) is 0 Å². The van der Waals surface area contributed by atoms with Crippen LogP contribution >= 0.6 is 0 Å². The van der Waals surface area contributed by atoms with Crippen LogP contribution in [-0.4, -0.2) is 24.5 Å². The maximum atomic E-state index is 12.5. The van der Waals surface area contributed by atoms with Crippen LogP contribution in [0.25, 0.3) is 10.9 Å². The van der Waals surface area contributed by atoms with Gasteiger partial charge >= 0.3 is 5.97 Å².